The van der Waals surface area contributed by atoms with E-state index in [-0.39, 0.29) is 10.8 Å². The first-order chi connectivity index (χ1) is 16.2. The van der Waals surface area contributed by atoms with Crippen LogP contribution in [0.3, 0.4) is 0 Å². The molecule has 186 valence electrons. The Kier molecular flexibility index (Phi) is 7.30. The number of piperazine rings is 1. The Morgan fingerprint density at radius 3 is 2.29 bits per heavy atom. The summed E-state index contributed by atoms with van der Waals surface area (Å²) in [6, 6.07) is 5.00. The lowest BCUT2D eigenvalue weighted by molar-refractivity contribution is 0.0628. The zero-order valence-electron chi connectivity index (χ0n) is 20.6. The van der Waals surface area contributed by atoms with Gasteiger partial charge in [0.1, 0.15) is 5.76 Å². The summed E-state index contributed by atoms with van der Waals surface area (Å²) < 4.78 is 32.0. The van der Waals surface area contributed by atoms with Crippen molar-refractivity contribution in [3.05, 3.63) is 40.8 Å². The Balaban J connectivity index is 1.55. The summed E-state index contributed by atoms with van der Waals surface area (Å²) in [5.41, 5.74) is 3.32. The molecule has 2 fully saturated rings. The summed E-state index contributed by atoms with van der Waals surface area (Å²) in [5.74, 6) is 0.731. The number of sulfonamides is 1. The van der Waals surface area contributed by atoms with Gasteiger partial charge in [0.2, 0.25) is 10.0 Å². The molecule has 2 aromatic rings. The monoisotopic (exact) mass is 489 g/mol. The van der Waals surface area contributed by atoms with E-state index in [1.807, 2.05) is 24.8 Å². The van der Waals surface area contributed by atoms with Crippen LogP contribution in [0, 0.1) is 13.8 Å². The highest BCUT2D eigenvalue weighted by molar-refractivity contribution is 7.89. The second-order valence-corrected chi connectivity index (χ2v) is 11.5. The third-order valence-corrected chi connectivity index (χ3v) is 8.71. The summed E-state index contributed by atoms with van der Waals surface area (Å²) in [5, 5.41) is 4.04. The lowest BCUT2D eigenvalue weighted by Gasteiger charge is -2.36. The van der Waals surface area contributed by atoms with Crippen LogP contribution in [0.15, 0.2) is 27.6 Å². The van der Waals surface area contributed by atoms with Gasteiger partial charge < -0.3 is 14.3 Å². The van der Waals surface area contributed by atoms with E-state index in [2.05, 4.69) is 15.0 Å². The van der Waals surface area contributed by atoms with Crippen LogP contribution in [0.4, 0.5) is 5.69 Å². The van der Waals surface area contributed by atoms with Crippen molar-refractivity contribution in [1.29, 1.82) is 0 Å². The van der Waals surface area contributed by atoms with Crippen LogP contribution in [0.1, 0.15) is 46.6 Å². The first-order valence-corrected chi connectivity index (χ1v) is 13.4. The molecule has 4 rings (SSSR count). The number of benzene rings is 1. The summed E-state index contributed by atoms with van der Waals surface area (Å²) in [6.07, 6.45) is 3.33. The van der Waals surface area contributed by atoms with Gasteiger partial charge in [-0.3, -0.25) is 9.69 Å². The minimum absolute atomic E-state index is 0.103. The van der Waals surface area contributed by atoms with Crippen molar-refractivity contribution in [1.82, 2.24) is 19.3 Å². The summed E-state index contributed by atoms with van der Waals surface area (Å²) in [6.45, 7) is 9.04. The molecule has 2 saturated heterocycles. The molecular formula is C24H35N5O4S. The number of hydrogen-bond donors (Lipinski definition) is 0. The van der Waals surface area contributed by atoms with E-state index in [1.54, 1.807) is 12.1 Å². The molecule has 2 aliphatic rings. The number of carbonyl (C=O) groups is 1. The van der Waals surface area contributed by atoms with E-state index >= 15 is 0 Å². The quantitative estimate of drug-likeness (QED) is 0.616. The minimum Gasteiger partial charge on any atom is -0.371 e. The topological polar surface area (TPSA) is 90.2 Å². The molecule has 0 saturated carbocycles. The van der Waals surface area contributed by atoms with Crippen LogP contribution in [0.2, 0.25) is 0 Å². The van der Waals surface area contributed by atoms with E-state index in [9.17, 15) is 13.2 Å². The van der Waals surface area contributed by atoms with E-state index < -0.39 is 10.0 Å². The maximum absolute atomic E-state index is 13.7. The summed E-state index contributed by atoms with van der Waals surface area (Å²) in [7, 11) is -0.621. The van der Waals surface area contributed by atoms with Crippen molar-refractivity contribution >= 4 is 21.6 Å². The fourth-order valence-electron chi connectivity index (χ4n) is 4.70. The van der Waals surface area contributed by atoms with Gasteiger partial charge >= 0.3 is 0 Å². The number of rotatable bonds is 6. The molecule has 0 N–H and O–H groups in total. The summed E-state index contributed by atoms with van der Waals surface area (Å²) >= 11 is 0. The zero-order chi connectivity index (χ0) is 24.5. The largest absolute Gasteiger partial charge is 0.371 e. The molecule has 0 radical (unpaired) electrons. The van der Waals surface area contributed by atoms with Gasteiger partial charge in [-0.15, -0.1) is 0 Å². The normalized spacial score (nSPS) is 18.0. The van der Waals surface area contributed by atoms with Crippen molar-refractivity contribution in [3.63, 3.8) is 0 Å². The van der Waals surface area contributed by atoms with Gasteiger partial charge in [0, 0.05) is 71.2 Å². The highest BCUT2D eigenvalue weighted by Crippen LogP contribution is 2.29. The number of hydrogen-bond acceptors (Lipinski definition) is 7. The highest BCUT2D eigenvalue weighted by Gasteiger charge is 2.29. The summed E-state index contributed by atoms with van der Waals surface area (Å²) in [4.78, 5) is 20.2. The standard InChI is InChI=1S/C24H35N5O4S/c1-18-22(19(2)33-25-18)17-27-12-14-29(15-13-27)24(30)21-16-20(34(31,32)26(3)4)8-9-23(21)28-10-6-5-7-11-28/h8-9,16H,5-7,10-15,17H2,1-4H3. The number of piperidine rings is 1. The smallest absolute Gasteiger partial charge is 0.256 e. The molecular weight excluding hydrogens is 454 g/mol. The molecule has 1 amide bonds. The van der Waals surface area contributed by atoms with Gasteiger partial charge in [-0.1, -0.05) is 5.16 Å². The van der Waals surface area contributed by atoms with Crippen LogP contribution in [-0.2, 0) is 16.6 Å². The molecule has 1 aromatic carbocycles. The van der Waals surface area contributed by atoms with Gasteiger partial charge in [-0.2, -0.15) is 0 Å². The number of amides is 1. The predicted molar refractivity (Wildman–Crippen MR) is 131 cm³/mol. The van der Waals surface area contributed by atoms with E-state index in [0.717, 1.165) is 68.3 Å². The zero-order valence-corrected chi connectivity index (χ0v) is 21.4. The number of aromatic nitrogens is 1. The lowest BCUT2D eigenvalue weighted by Crippen LogP contribution is -2.48. The fourth-order valence-corrected chi connectivity index (χ4v) is 5.63. The number of aryl methyl sites for hydroxylation is 2. The van der Waals surface area contributed by atoms with Crippen LogP contribution in [0.5, 0.6) is 0 Å². The average molecular weight is 490 g/mol. The third kappa shape index (κ3) is 4.99. The van der Waals surface area contributed by atoms with Crippen molar-refractivity contribution in [3.8, 4) is 0 Å². The average Bonchev–Trinajstić information content (AvgIpc) is 3.16. The predicted octanol–water partition coefficient (Wildman–Crippen LogP) is 2.49. The number of nitrogens with zero attached hydrogens (tertiary/aromatic N) is 5. The second kappa shape index (κ2) is 10.1. The molecule has 10 heteroatoms. The second-order valence-electron chi connectivity index (χ2n) is 9.39. The van der Waals surface area contributed by atoms with Gasteiger partial charge in [0.15, 0.2) is 0 Å². The van der Waals surface area contributed by atoms with Gasteiger partial charge in [-0.05, 0) is 51.3 Å². The molecule has 0 bridgehead atoms. The molecule has 1 aromatic heterocycles. The first-order valence-electron chi connectivity index (χ1n) is 11.9. The van der Waals surface area contributed by atoms with Crippen molar-refractivity contribution < 1.29 is 17.7 Å². The number of anilines is 1. The molecule has 3 heterocycles. The molecule has 34 heavy (non-hydrogen) atoms. The van der Waals surface area contributed by atoms with Crippen LogP contribution in [0.25, 0.3) is 0 Å². The minimum atomic E-state index is -3.64. The molecule has 0 unspecified atom stereocenters. The fraction of sp³-hybridized carbons (Fsp3) is 0.583. The number of carbonyl (C=O) groups excluding carboxylic acids is 1. The van der Waals surface area contributed by atoms with Gasteiger partial charge in [0.25, 0.3) is 5.91 Å². The lowest BCUT2D eigenvalue weighted by atomic mass is 10.1. The Morgan fingerprint density at radius 2 is 1.71 bits per heavy atom. The van der Waals surface area contributed by atoms with Crippen molar-refractivity contribution in [2.45, 2.75) is 44.6 Å². The Morgan fingerprint density at radius 1 is 1.03 bits per heavy atom. The maximum Gasteiger partial charge on any atom is 0.256 e. The van der Waals surface area contributed by atoms with Crippen LogP contribution >= 0.6 is 0 Å². The van der Waals surface area contributed by atoms with Gasteiger partial charge in [-0.25, -0.2) is 12.7 Å². The van der Waals surface area contributed by atoms with E-state index in [0.29, 0.717) is 18.7 Å². The van der Waals surface area contributed by atoms with Gasteiger partial charge in [0.05, 0.1) is 16.2 Å². The Hall–Kier alpha value is -2.43. The highest BCUT2D eigenvalue weighted by atomic mass is 32.2. The van der Waals surface area contributed by atoms with E-state index in [1.165, 1.54) is 24.8 Å². The van der Waals surface area contributed by atoms with Crippen LogP contribution < -0.4 is 4.90 Å². The first kappa shape index (κ1) is 24.7. The Labute approximate surface area is 202 Å². The van der Waals surface area contributed by atoms with E-state index in [4.69, 9.17) is 4.52 Å². The Bertz CT molecular complexity index is 1110. The molecule has 2 aliphatic heterocycles. The molecule has 0 aliphatic carbocycles. The maximum atomic E-state index is 13.7. The third-order valence-electron chi connectivity index (χ3n) is 6.90. The van der Waals surface area contributed by atoms with Crippen molar-refractivity contribution in [2.24, 2.45) is 0 Å². The van der Waals surface area contributed by atoms with Crippen LogP contribution in [-0.4, -0.2) is 87.0 Å². The molecule has 0 spiro atoms. The SMILES string of the molecule is Cc1noc(C)c1CN1CCN(C(=O)c2cc(S(=O)(=O)N(C)C)ccc2N2CCCCC2)CC1. The van der Waals surface area contributed by atoms with Crippen molar-refractivity contribution in [2.75, 3.05) is 58.3 Å². The molecule has 9 nitrogen and oxygen atoms in total. The molecule has 0 atom stereocenters.